The van der Waals surface area contributed by atoms with E-state index in [0.29, 0.717) is 12.3 Å². The summed E-state index contributed by atoms with van der Waals surface area (Å²) in [7, 11) is 0. The Bertz CT molecular complexity index is 1450. The van der Waals surface area contributed by atoms with Crippen LogP contribution >= 0.6 is 22.6 Å². The summed E-state index contributed by atoms with van der Waals surface area (Å²) in [5.74, 6) is 0.326. The van der Waals surface area contributed by atoms with E-state index in [1.807, 2.05) is 68.4 Å². The maximum atomic E-state index is 12.7. The van der Waals surface area contributed by atoms with Crippen LogP contribution in [0, 0.1) is 28.7 Å². The summed E-state index contributed by atoms with van der Waals surface area (Å²) in [4.78, 5) is 12.7. The molecule has 0 heterocycles. The van der Waals surface area contributed by atoms with Gasteiger partial charge >= 0.3 is 0 Å². The molecule has 4 nitrogen and oxygen atoms in total. The largest absolute Gasteiger partial charge is 0.488 e. The molecule has 0 spiro atoms. The average molecular weight is 558 g/mol. The molecule has 34 heavy (non-hydrogen) atoms. The first-order valence-electron chi connectivity index (χ1n) is 10.8. The van der Waals surface area contributed by atoms with Crippen molar-refractivity contribution >= 4 is 51.0 Å². The fourth-order valence-corrected chi connectivity index (χ4v) is 4.30. The van der Waals surface area contributed by atoms with E-state index in [1.165, 1.54) is 10.8 Å². The van der Waals surface area contributed by atoms with Gasteiger partial charge in [-0.3, -0.25) is 4.79 Å². The summed E-state index contributed by atoms with van der Waals surface area (Å²) < 4.78 is 6.94. The van der Waals surface area contributed by atoms with E-state index in [1.54, 1.807) is 6.08 Å². The highest BCUT2D eigenvalue weighted by atomic mass is 127. The van der Waals surface area contributed by atoms with E-state index < -0.39 is 5.91 Å². The molecule has 168 valence electrons. The number of nitrogens with zero attached hydrogens (tertiary/aromatic N) is 1. The van der Waals surface area contributed by atoms with Gasteiger partial charge in [-0.05, 0) is 99.8 Å². The van der Waals surface area contributed by atoms with Gasteiger partial charge in [0.05, 0.1) is 3.57 Å². The second-order valence-corrected chi connectivity index (χ2v) is 9.19. The normalized spacial score (nSPS) is 11.2. The molecule has 0 saturated heterocycles. The van der Waals surface area contributed by atoms with Crippen molar-refractivity contribution in [2.75, 3.05) is 5.32 Å². The van der Waals surface area contributed by atoms with Crippen molar-refractivity contribution in [3.05, 3.63) is 110 Å². The maximum Gasteiger partial charge on any atom is 0.266 e. The Hall–Kier alpha value is -3.63. The van der Waals surface area contributed by atoms with Gasteiger partial charge in [0.2, 0.25) is 0 Å². The molecule has 0 bridgehead atoms. The third kappa shape index (κ3) is 5.46. The minimum absolute atomic E-state index is 0.0431. The molecule has 5 heteroatoms. The zero-order chi connectivity index (χ0) is 24.1. The van der Waals surface area contributed by atoms with Crippen LogP contribution in [0.2, 0.25) is 0 Å². The lowest BCUT2D eigenvalue weighted by Crippen LogP contribution is -2.14. The number of nitrogens with one attached hydrogen (secondary N) is 1. The Labute approximate surface area is 213 Å². The van der Waals surface area contributed by atoms with E-state index in [0.717, 1.165) is 31.6 Å². The number of carbonyl (C=O) groups excluding carboxylic acids is 1. The summed E-state index contributed by atoms with van der Waals surface area (Å²) >= 11 is 2.21. The van der Waals surface area contributed by atoms with Crippen LogP contribution in [0.25, 0.3) is 16.8 Å². The van der Waals surface area contributed by atoms with Gasteiger partial charge in [-0.15, -0.1) is 0 Å². The Balaban J connectivity index is 1.47. The van der Waals surface area contributed by atoms with E-state index in [9.17, 15) is 10.1 Å². The third-order valence-electron chi connectivity index (χ3n) is 5.69. The molecule has 4 aromatic carbocycles. The van der Waals surface area contributed by atoms with Gasteiger partial charge in [0.25, 0.3) is 5.91 Å². The molecule has 0 fully saturated rings. The number of rotatable bonds is 6. The zero-order valence-electron chi connectivity index (χ0n) is 18.9. The average Bonchev–Trinajstić information content (AvgIpc) is 2.84. The number of benzene rings is 4. The molecule has 0 aliphatic carbocycles. The first-order valence-corrected chi connectivity index (χ1v) is 11.9. The number of fused-ring (bicyclic) bond motifs is 1. The van der Waals surface area contributed by atoms with E-state index in [4.69, 9.17) is 4.74 Å². The molecule has 0 radical (unpaired) electrons. The third-order valence-corrected chi connectivity index (χ3v) is 6.54. The number of ether oxygens (including phenoxy) is 1. The lowest BCUT2D eigenvalue weighted by atomic mass is 10.1. The smallest absolute Gasteiger partial charge is 0.266 e. The van der Waals surface area contributed by atoms with Gasteiger partial charge in [-0.2, -0.15) is 5.26 Å². The lowest BCUT2D eigenvalue weighted by molar-refractivity contribution is -0.112. The summed E-state index contributed by atoms with van der Waals surface area (Å²) in [6, 6.07) is 27.9. The highest BCUT2D eigenvalue weighted by molar-refractivity contribution is 14.1. The van der Waals surface area contributed by atoms with Crippen molar-refractivity contribution in [1.29, 1.82) is 5.26 Å². The summed E-state index contributed by atoms with van der Waals surface area (Å²) in [5.41, 5.74) is 4.66. The second-order valence-electron chi connectivity index (χ2n) is 8.03. The van der Waals surface area contributed by atoms with Crippen molar-refractivity contribution in [2.45, 2.75) is 20.5 Å². The number of nitriles is 1. The van der Waals surface area contributed by atoms with Crippen LogP contribution in [0.3, 0.4) is 0 Å². The van der Waals surface area contributed by atoms with Gasteiger partial charge in [0.15, 0.2) is 0 Å². The van der Waals surface area contributed by atoms with Crippen LogP contribution < -0.4 is 10.1 Å². The Morgan fingerprint density at radius 2 is 1.79 bits per heavy atom. The Kier molecular flexibility index (Phi) is 7.29. The second kappa shape index (κ2) is 10.5. The van der Waals surface area contributed by atoms with Crippen molar-refractivity contribution in [3.8, 4) is 11.8 Å². The van der Waals surface area contributed by atoms with Crippen LogP contribution in [-0.4, -0.2) is 5.91 Å². The minimum Gasteiger partial charge on any atom is -0.488 e. The van der Waals surface area contributed by atoms with Crippen molar-refractivity contribution in [1.82, 2.24) is 0 Å². The summed E-state index contributed by atoms with van der Waals surface area (Å²) in [6.45, 7) is 4.38. The predicted octanol–water partition coefficient (Wildman–Crippen LogP) is 7.19. The monoisotopic (exact) mass is 558 g/mol. The first-order chi connectivity index (χ1) is 16.4. The van der Waals surface area contributed by atoms with Crippen molar-refractivity contribution in [3.63, 3.8) is 0 Å². The van der Waals surface area contributed by atoms with Crippen molar-refractivity contribution < 1.29 is 9.53 Å². The van der Waals surface area contributed by atoms with Gasteiger partial charge in [-0.1, -0.05) is 54.6 Å². The van der Waals surface area contributed by atoms with Crippen LogP contribution in [0.4, 0.5) is 5.69 Å². The molecule has 0 atom stereocenters. The maximum absolute atomic E-state index is 12.7. The first kappa shape index (κ1) is 23.5. The number of hydrogen-bond donors (Lipinski definition) is 1. The van der Waals surface area contributed by atoms with Crippen LogP contribution in [0.15, 0.2) is 84.4 Å². The molecular weight excluding hydrogens is 535 g/mol. The number of hydrogen-bond acceptors (Lipinski definition) is 3. The molecule has 4 rings (SSSR count). The van der Waals surface area contributed by atoms with Crippen LogP contribution in [0.1, 0.15) is 22.3 Å². The van der Waals surface area contributed by atoms with Crippen LogP contribution in [0.5, 0.6) is 5.75 Å². The van der Waals surface area contributed by atoms with E-state index in [-0.39, 0.29) is 5.57 Å². The standard InChI is InChI=1S/C29H23IN2O2/c1-19-6-5-9-27(20(19)2)32-29(33)25(17-31)14-21-11-13-28(26(30)16-21)34-18-22-10-12-23-7-3-4-8-24(23)15-22/h3-16H,18H2,1-2H3,(H,32,33)/b25-14+. The van der Waals surface area contributed by atoms with Gasteiger partial charge in [0, 0.05) is 5.69 Å². The lowest BCUT2D eigenvalue weighted by Gasteiger charge is -2.11. The number of amides is 1. The molecule has 0 aliphatic rings. The molecule has 4 aromatic rings. The molecule has 0 aromatic heterocycles. The fraction of sp³-hybridized carbons (Fsp3) is 0.103. The molecular formula is C29H23IN2O2. The van der Waals surface area contributed by atoms with E-state index >= 15 is 0 Å². The summed E-state index contributed by atoms with van der Waals surface area (Å²) in [6.07, 6.45) is 1.59. The highest BCUT2D eigenvalue weighted by Gasteiger charge is 2.12. The van der Waals surface area contributed by atoms with E-state index in [2.05, 4.69) is 58.2 Å². The SMILES string of the molecule is Cc1cccc(NC(=O)/C(C#N)=C/c2ccc(OCc3ccc4ccccc4c3)c(I)c2)c1C. The number of aryl methyl sites for hydroxylation is 1. The highest BCUT2D eigenvalue weighted by Crippen LogP contribution is 2.25. The van der Waals surface area contributed by atoms with Gasteiger partial charge < -0.3 is 10.1 Å². The quantitative estimate of drug-likeness (QED) is 0.155. The molecule has 1 N–H and O–H groups in total. The van der Waals surface area contributed by atoms with Crippen LogP contribution in [-0.2, 0) is 11.4 Å². The number of halogens is 1. The van der Waals surface area contributed by atoms with Gasteiger partial charge in [-0.25, -0.2) is 0 Å². The number of carbonyl (C=O) groups is 1. The minimum atomic E-state index is -0.428. The van der Waals surface area contributed by atoms with Crippen molar-refractivity contribution in [2.24, 2.45) is 0 Å². The predicted molar refractivity (Wildman–Crippen MR) is 146 cm³/mol. The Morgan fingerprint density at radius 1 is 1.00 bits per heavy atom. The Morgan fingerprint density at radius 3 is 2.56 bits per heavy atom. The fourth-order valence-electron chi connectivity index (χ4n) is 3.60. The summed E-state index contributed by atoms with van der Waals surface area (Å²) in [5, 5.41) is 14.8. The topological polar surface area (TPSA) is 62.1 Å². The van der Waals surface area contributed by atoms with Gasteiger partial charge in [0.1, 0.15) is 24.0 Å². The number of anilines is 1. The molecule has 0 unspecified atom stereocenters. The molecule has 1 amide bonds. The zero-order valence-corrected chi connectivity index (χ0v) is 21.1. The molecule has 0 saturated carbocycles. The molecule has 0 aliphatic heterocycles.